The first kappa shape index (κ1) is 31.3. The number of hydrogen-bond acceptors (Lipinski definition) is 7. The van der Waals surface area contributed by atoms with Crippen molar-refractivity contribution in [2.75, 3.05) is 48.1 Å². The van der Waals surface area contributed by atoms with Crippen LogP contribution in [0.15, 0.2) is 70.7 Å². The Morgan fingerprint density at radius 2 is 1.60 bits per heavy atom. The lowest BCUT2D eigenvalue weighted by Gasteiger charge is -2.18. The standard InChI is InChI=1S/C33H42N2O6S/c1-23(2)28-22-35-17-8-10-24(3)31(35)33(28)42(36,37)27-13-11-26(12-14-27)41-19-9-16-34(4)18-15-25-20-29(38-5)32(40-7)30(21-25)39-6/h8,10-14,17,20-23H,9,15-16,18-19H2,1-7H3. The molecule has 4 rings (SSSR count). The molecule has 8 nitrogen and oxygen atoms in total. The smallest absolute Gasteiger partial charge is 0.209 e. The van der Waals surface area contributed by atoms with E-state index >= 15 is 0 Å². The third-order valence-electron chi connectivity index (χ3n) is 7.46. The molecule has 0 aliphatic heterocycles. The topological polar surface area (TPSA) is 78.7 Å². The highest BCUT2D eigenvalue weighted by Crippen LogP contribution is 2.38. The van der Waals surface area contributed by atoms with E-state index in [1.165, 1.54) is 0 Å². The molecule has 9 heteroatoms. The van der Waals surface area contributed by atoms with Crippen LogP contribution in [-0.2, 0) is 16.3 Å². The second-order valence-electron chi connectivity index (χ2n) is 10.8. The number of sulfone groups is 1. The molecular formula is C33H42N2O6S. The van der Waals surface area contributed by atoms with Crippen molar-refractivity contribution < 1.29 is 27.4 Å². The van der Waals surface area contributed by atoms with Gasteiger partial charge in [-0.25, -0.2) is 8.42 Å². The molecule has 0 atom stereocenters. The zero-order chi connectivity index (χ0) is 30.4. The Bertz CT molecular complexity index is 1580. The molecule has 0 bridgehead atoms. The molecule has 0 unspecified atom stereocenters. The fourth-order valence-electron chi connectivity index (χ4n) is 5.15. The van der Waals surface area contributed by atoms with Gasteiger partial charge in [0.2, 0.25) is 15.6 Å². The van der Waals surface area contributed by atoms with Crippen LogP contribution in [-0.4, -0.2) is 65.8 Å². The first-order chi connectivity index (χ1) is 20.1. The van der Waals surface area contributed by atoms with Crippen molar-refractivity contribution >= 4 is 15.4 Å². The lowest BCUT2D eigenvalue weighted by atomic mass is 10.1. The van der Waals surface area contributed by atoms with Gasteiger partial charge in [-0.2, -0.15) is 0 Å². The average Bonchev–Trinajstić information content (AvgIpc) is 3.40. The minimum atomic E-state index is -3.72. The molecule has 226 valence electrons. The monoisotopic (exact) mass is 594 g/mol. The quantitative estimate of drug-likeness (QED) is 0.162. The van der Waals surface area contributed by atoms with Crippen LogP contribution in [0.1, 0.15) is 42.9 Å². The van der Waals surface area contributed by atoms with E-state index in [0.717, 1.165) is 48.1 Å². The zero-order valence-electron chi connectivity index (χ0n) is 25.6. The molecule has 0 N–H and O–H groups in total. The number of ether oxygens (including phenoxy) is 4. The van der Waals surface area contributed by atoms with Crippen molar-refractivity contribution in [2.24, 2.45) is 0 Å². The Labute approximate surface area is 249 Å². The summed E-state index contributed by atoms with van der Waals surface area (Å²) in [5.41, 5.74) is 3.58. The van der Waals surface area contributed by atoms with Gasteiger partial charge < -0.3 is 28.2 Å². The number of likely N-dealkylation sites (N-methyl/N-ethyl adjacent to an activating group) is 1. The normalized spacial score (nSPS) is 11.8. The van der Waals surface area contributed by atoms with Gasteiger partial charge in [-0.3, -0.25) is 0 Å². The number of aromatic nitrogens is 1. The Morgan fingerprint density at radius 3 is 2.19 bits per heavy atom. The number of methoxy groups -OCH3 is 3. The maximum Gasteiger partial charge on any atom is 0.209 e. The van der Waals surface area contributed by atoms with Crippen LogP contribution in [0, 0.1) is 6.92 Å². The Morgan fingerprint density at radius 1 is 0.929 bits per heavy atom. The van der Waals surface area contributed by atoms with Crippen molar-refractivity contribution in [3.05, 3.63) is 77.6 Å². The van der Waals surface area contributed by atoms with Gasteiger partial charge >= 0.3 is 0 Å². The van der Waals surface area contributed by atoms with E-state index in [-0.39, 0.29) is 10.8 Å². The molecule has 0 saturated carbocycles. The van der Waals surface area contributed by atoms with E-state index in [1.54, 1.807) is 45.6 Å². The van der Waals surface area contributed by atoms with Gasteiger partial charge in [-0.1, -0.05) is 19.9 Å². The lowest BCUT2D eigenvalue weighted by molar-refractivity contribution is 0.263. The third kappa shape index (κ3) is 6.68. The molecule has 0 saturated heterocycles. The Hall–Kier alpha value is -3.69. The van der Waals surface area contributed by atoms with Gasteiger partial charge in [0.05, 0.1) is 38.3 Å². The molecule has 0 aliphatic rings. The summed E-state index contributed by atoms with van der Waals surface area (Å²) in [6, 6.07) is 14.6. The van der Waals surface area contributed by atoms with Crippen LogP contribution in [0.4, 0.5) is 0 Å². The molecule has 2 aromatic heterocycles. The van der Waals surface area contributed by atoms with Crippen LogP contribution in [0.2, 0.25) is 0 Å². The van der Waals surface area contributed by atoms with Crippen LogP contribution in [0.3, 0.4) is 0 Å². The molecule has 0 spiro atoms. The predicted molar refractivity (Wildman–Crippen MR) is 166 cm³/mol. The number of pyridine rings is 1. The summed E-state index contributed by atoms with van der Waals surface area (Å²) in [6.45, 7) is 8.23. The highest BCUT2D eigenvalue weighted by atomic mass is 32.2. The van der Waals surface area contributed by atoms with Crippen LogP contribution in [0.25, 0.3) is 5.52 Å². The highest BCUT2D eigenvalue weighted by Gasteiger charge is 2.28. The molecule has 0 aliphatic carbocycles. The summed E-state index contributed by atoms with van der Waals surface area (Å²) in [4.78, 5) is 2.90. The molecule has 0 fully saturated rings. The average molecular weight is 595 g/mol. The lowest BCUT2D eigenvalue weighted by Crippen LogP contribution is -2.23. The summed E-state index contributed by atoms with van der Waals surface area (Å²) in [6.07, 6.45) is 5.49. The van der Waals surface area contributed by atoms with E-state index in [4.69, 9.17) is 18.9 Å². The predicted octanol–water partition coefficient (Wildman–Crippen LogP) is 6.17. The van der Waals surface area contributed by atoms with Crippen molar-refractivity contribution in [2.45, 2.75) is 49.3 Å². The minimum Gasteiger partial charge on any atom is -0.494 e. The van der Waals surface area contributed by atoms with E-state index < -0.39 is 9.84 Å². The fourth-order valence-corrected chi connectivity index (χ4v) is 7.00. The van der Waals surface area contributed by atoms with E-state index in [9.17, 15) is 8.42 Å². The summed E-state index contributed by atoms with van der Waals surface area (Å²) in [5.74, 6) is 2.61. The molecule has 0 radical (unpaired) electrons. The van der Waals surface area contributed by atoms with E-state index in [1.807, 2.05) is 61.8 Å². The molecular weight excluding hydrogens is 552 g/mol. The molecule has 2 aromatic carbocycles. The van der Waals surface area contributed by atoms with Crippen molar-refractivity contribution in [1.29, 1.82) is 0 Å². The number of aryl methyl sites for hydroxylation is 1. The zero-order valence-corrected chi connectivity index (χ0v) is 26.5. The number of rotatable bonds is 14. The van der Waals surface area contributed by atoms with Gasteiger partial charge in [-0.05, 0) is 91.9 Å². The molecule has 2 heterocycles. The summed E-state index contributed by atoms with van der Waals surface area (Å²) in [5, 5.41) is 0. The van der Waals surface area contributed by atoms with Gasteiger partial charge in [-0.15, -0.1) is 0 Å². The SMILES string of the molecule is COc1cc(CCN(C)CCCOc2ccc(S(=O)(=O)c3c(C(C)C)cn4cccc(C)c34)cc2)cc(OC)c1OC. The summed E-state index contributed by atoms with van der Waals surface area (Å²) < 4.78 is 51.8. The second-order valence-corrected chi connectivity index (χ2v) is 12.7. The number of benzene rings is 2. The minimum absolute atomic E-state index is 0.0664. The Balaban J connectivity index is 1.33. The Kier molecular flexibility index (Phi) is 10.1. The molecule has 0 amide bonds. The van der Waals surface area contributed by atoms with Crippen LogP contribution < -0.4 is 18.9 Å². The summed E-state index contributed by atoms with van der Waals surface area (Å²) in [7, 11) is 3.19. The first-order valence-electron chi connectivity index (χ1n) is 14.2. The van der Waals surface area contributed by atoms with Gasteiger partial charge in [0.25, 0.3) is 0 Å². The fraction of sp³-hybridized carbons (Fsp3) is 0.394. The van der Waals surface area contributed by atoms with Crippen LogP contribution >= 0.6 is 0 Å². The summed E-state index contributed by atoms with van der Waals surface area (Å²) >= 11 is 0. The largest absolute Gasteiger partial charge is 0.494 e. The van der Waals surface area contributed by atoms with Crippen LogP contribution in [0.5, 0.6) is 23.0 Å². The maximum atomic E-state index is 13.8. The number of nitrogens with zero attached hydrogens (tertiary/aromatic N) is 2. The number of hydrogen-bond donors (Lipinski definition) is 0. The molecule has 4 aromatic rings. The third-order valence-corrected chi connectivity index (χ3v) is 9.32. The molecule has 42 heavy (non-hydrogen) atoms. The number of fused-ring (bicyclic) bond motifs is 1. The van der Waals surface area contributed by atoms with E-state index in [0.29, 0.717) is 34.5 Å². The van der Waals surface area contributed by atoms with Gasteiger partial charge in [0.1, 0.15) is 10.6 Å². The highest BCUT2D eigenvalue weighted by molar-refractivity contribution is 7.91. The van der Waals surface area contributed by atoms with Gasteiger partial charge in [0, 0.05) is 25.5 Å². The second kappa shape index (κ2) is 13.5. The van der Waals surface area contributed by atoms with Gasteiger partial charge in [0.15, 0.2) is 11.5 Å². The van der Waals surface area contributed by atoms with E-state index in [2.05, 4.69) is 11.9 Å². The first-order valence-corrected chi connectivity index (χ1v) is 15.6. The van der Waals surface area contributed by atoms with Crippen molar-refractivity contribution in [3.8, 4) is 23.0 Å². The maximum absolute atomic E-state index is 13.8. The van der Waals surface area contributed by atoms with Crippen molar-refractivity contribution in [1.82, 2.24) is 9.30 Å². The van der Waals surface area contributed by atoms with Crippen molar-refractivity contribution in [3.63, 3.8) is 0 Å².